The monoisotopic (exact) mass is 396 g/mol. The first-order valence-electron chi connectivity index (χ1n) is 7.68. The van der Waals surface area contributed by atoms with Crippen LogP contribution in [0.5, 0.6) is 0 Å². The van der Waals surface area contributed by atoms with Gasteiger partial charge in [-0.25, -0.2) is 0 Å². The molecule has 4 nitrogen and oxygen atoms in total. The maximum absolute atomic E-state index is 12.3. The average molecular weight is 398 g/mol. The standard InChI is InChI=1S/C18H15Cl3N2O2/c1-9-2-3-10(19)6-16(9)23-18(25)13-8-12(13)17(24)22-11-4-5-14(20)15(21)7-11/h2-7,12-13H,8H2,1H3,(H,22,24)(H,23,25). The molecule has 2 amide bonds. The van der Waals surface area contributed by atoms with E-state index in [4.69, 9.17) is 34.8 Å². The van der Waals surface area contributed by atoms with Crippen molar-refractivity contribution in [3.63, 3.8) is 0 Å². The van der Waals surface area contributed by atoms with Crippen LogP contribution in [-0.4, -0.2) is 11.8 Å². The average Bonchev–Trinajstić information content (AvgIpc) is 3.35. The Morgan fingerprint density at radius 3 is 2.28 bits per heavy atom. The van der Waals surface area contributed by atoms with Crippen molar-refractivity contribution in [3.8, 4) is 0 Å². The fraction of sp³-hybridized carbons (Fsp3) is 0.222. The number of amides is 2. The van der Waals surface area contributed by atoms with E-state index in [-0.39, 0.29) is 23.7 Å². The van der Waals surface area contributed by atoms with Gasteiger partial charge in [-0.15, -0.1) is 0 Å². The molecule has 130 valence electrons. The largest absolute Gasteiger partial charge is 0.326 e. The number of hydrogen-bond acceptors (Lipinski definition) is 2. The molecule has 2 unspecified atom stereocenters. The fourth-order valence-corrected chi connectivity index (χ4v) is 3.01. The summed E-state index contributed by atoms with van der Waals surface area (Å²) in [5.74, 6) is -1.09. The minimum atomic E-state index is -0.353. The van der Waals surface area contributed by atoms with Crippen molar-refractivity contribution in [2.75, 3.05) is 10.6 Å². The van der Waals surface area contributed by atoms with Gasteiger partial charge in [0.2, 0.25) is 11.8 Å². The van der Waals surface area contributed by atoms with Gasteiger partial charge in [0, 0.05) is 16.4 Å². The number of halogens is 3. The molecule has 1 aliphatic carbocycles. The van der Waals surface area contributed by atoms with Crippen LogP contribution in [0, 0.1) is 18.8 Å². The number of benzene rings is 2. The van der Waals surface area contributed by atoms with E-state index in [1.54, 1.807) is 30.3 Å². The third-order valence-corrected chi connectivity index (χ3v) is 5.08. The highest BCUT2D eigenvalue weighted by atomic mass is 35.5. The molecule has 0 spiro atoms. The molecule has 1 fully saturated rings. The van der Waals surface area contributed by atoms with Crippen LogP contribution in [-0.2, 0) is 9.59 Å². The molecule has 2 atom stereocenters. The predicted octanol–water partition coefficient (Wildman–Crippen LogP) is 5.17. The van der Waals surface area contributed by atoms with Crippen LogP contribution in [0.25, 0.3) is 0 Å². The lowest BCUT2D eigenvalue weighted by molar-refractivity contribution is -0.122. The van der Waals surface area contributed by atoms with Gasteiger partial charge in [-0.3, -0.25) is 9.59 Å². The summed E-state index contributed by atoms with van der Waals surface area (Å²) in [7, 11) is 0. The molecule has 25 heavy (non-hydrogen) atoms. The number of carbonyl (C=O) groups is 2. The summed E-state index contributed by atoms with van der Waals surface area (Å²) >= 11 is 17.7. The zero-order valence-electron chi connectivity index (χ0n) is 13.3. The van der Waals surface area contributed by atoms with Crippen LogP contribution in [0.2, 0.25) is 15.1 Å². The van der Waals surface area contributed by atoms with Gasteiger partial charge < -0.3 is 10.6 Å². The minimum absolute atomic E-state index is 0.181. The van der Waals surface area contributed by atoms with E-state index in [9.17, 15) is 9.59 Å². The van der Waals surface area contributed by atoms with Crippen molar-refractivity contribution < 1.29 is 9.59 Å². The summed E-state index contributed by atoms with van der Waals surface area (Å²) in [5, 5.41) is 6.92. The second kappa shape index (κ2) is 7.24. The molecule has 0 bridgehead atoms. The van der Waals surface area contributed by atoms with E-state index < -0.39 is 0 Å². The second-order valence-electron chi connectivity index (χ2n) is 6.02. The summed E-state index contributed by atoms with van der Waals surface area (Å²) in [6, 6.07) is 10.1. The van der Waals surface area contributed by atoms with Gasteiger partial charge in [0.05, 0.1) is 21.9 Å². The van der Waals surface area contributed by atoms with Gasteiger partial charge in [0.15, 0.2) is 0 Å². The number of carbonyl (C=O) groups excluding carboxylic acids is 2. The molecule has 0 radical (unpaired) electrons. The zero-order chi connectivity index (χ0) is 18.1. The first kappa shape index (κ1) is 18.1. The predicted molar refractivity (Wildman–Crippen MR) is 102 cm³/mol. The molecule has 0 saturated heterocycles. The van der Waals surface area contributed by atoms with E-state index in [1.807, 2.05) is 13.0 Å². The summed E-state index contributed by atoms with van der Waals surface area (Å²) in [5.41, 5.74) is 2.12. The van der Waals surface area contributed by atoms with Gasteiger partial charge in [-0.1, -0.05) is 40.9 Å². The highest BCUT2D eigenvalue weighted by Crippen LogP contribution is 2.40. The molecule has 2 aromatic carbocycles. The molecule has 0 aromatic heterocycles. The van der Waals surface area contributed by atoms with Crippen LogP contribution in [0.3, 0.4) is 0 Å². The van der Waals surface area contributed by atoms with E-state index in [0.29, 0.717) is 32.9 Å². The summed E-state index contributed by atoms with van der Waals surface area (Å²) in [6.45, 7) is 1.88. The Hall–Kier alpha value is -1.75. The van der Waals surface area contributed by atoms with Gasteiger partial charge in [0.1, 0.15) is 0 Å². The first-order valence-corrected chi connectivity index (χ1v) is 8.81. The first-order chi connectivity index (χ1) is 11.8. The molecule has 3 rings (SSSR count). The number of nitrogens with one attached hydrogen (secondary N) is 2. The van der Waals surface area contributed by atoms with Crippen LogP contribution < -0.4 is 10.6 Å². The molecule has 7 heteroatoms. The fourth-order valence-electron chi connectivity index (χ4n) is 2.54. The number of anilines is 2. The van der Waals surface area contributed by atoms with Crippen LogP contribution in [0.1, 0.15) is 12.0 Å². The second-order valence-corrected chi connectivity index (χ2v) is 7.27. The van der Waals surface area contributed by atoms with E-state index in [2.05, 4.69) is 10.6 Å². The molecule has 1 aliphatic rings. The molecular weight excluding hydrogens is 383 g/mol. The highest BCUT2D eigenvalue weighted by molar-refractivity contribution is 6.42. The van der Waals surface area contributed by atoms with Gasteiger partial charge in [-0.05, 0) is 49.2 Å². The Labute approximate surface area is 160 Å². The number of aryl methyl sites for hydroxylation is 1. The maximum atomic E-state index is 12.3. The van der Waals surface area contributed by atoms with Crippen molar-refractivity contribution in [3.05, 3.63) is 57.0 Å². The van der Waals surface area contributed by atoms with Crippen LogP contribution >= 0.6 is 34.8 Å². The van der Waals surface area contributed by atoms with E-state index in [1.165, 1.54) is 0 Å². The maximum Gasteiger partial charge on any atom is 0.228 e. The van der Waals surface area contributed by atoms with Gasteiger partial charge in [-0.2, -0.15) is 0 Å². The molecule has 2 N–H and O–H groups in total. The Bertz CT molecular complexity index is 854. The SMILES string of the molecule is Cc1ccc(Cl)cc1NC(=O)C1CC1C(=O)Nc1ccc(Cl)c(Cl)c1. The quantitative estimate of drug-likeness (QED) is 0.748. The van der Waals surface area contributed by atoms with Crippen LogP contribution in [0.15, 0.2) is 36.4 Å². The smallest absolute Gasteiger partial charge is 0.228 e. The van der Waals surface area contributed by atoms with Gasteiger partial charge in [0.25, 0.3) is 0 Å². The molecular formula is C18H15Cl3N2O2. The normalized spacial score (nSPS) is 18.6. The van der Waals surface area contributed by atoms with Crippen molar-refractivity contribution in [2.45, 2.75) is 13.3 Å². The van der Waals surface area contributed by atoms with Crippen molar-refractivity contribution in [1.29, 1.82) is 0 Å². The molecule has 0 aliphatic heterocycles. The Balaban J connectivity index is 1.59. The van der Waals surface area contributed by atoms with E-state index >= 15 is 0 Å². The minimum Gasteiger partial charge on any atom is -0.326 e. The highest BCUT2D eigenvalue weighted by Gasteiger charge is 2.48. The number of hydrogen-bond donors (Lipinski definition) is 2. The van der Waals surface area contributed by atoms with Crippen molar-refractivity contribution >= 4 is 58.0 Å². The van der Waals surface area contributed by atoms with Crippen molar-refractivity contribution in [1.82, 2.24) is 0 Å². The Kier molecular flexibility index (Phi) is 5.23. The molecule has 2 aromatic rings. The topological polar surface area (TPSA) is 58.2 Å². The summed E-state index contributed by atoms with van der Waals surface area (Å²) in [6.07, 6.45) is 0.513. The lowest BCUT2D eigenvalue weighted by Gasteiger charge is -2.09. The Morgan fingerprint density at radius 1 is 0.920 bits per heavy atom. The lowest BCUT2D eigenvalue weighted by atomic mass is 10.2. The van der Waals surface area contributed by atoms with E-state index in [0.717, 1.165) is 5.56 Å². The van der Waals surface area contributed by atoms with Crippen molar-refractivity contribution in [2.24, 2.45) is 11.8 Å². The summed E-state index contributed by atoms with van der Waals surface area (Å²) < 4.78 is 0. The lowest BCUT2D eigenvalue weighted by Crippen LogP contribution is -2.20. The third kappa shape index (κ3) is 4.27. The molecule has 1 saturated carbocycles. The number of rotatable bonds is 4. The third-order valence-electron chi connectivity index (χ3n) is 4.11. The van der Waals surface area contributed by atoms with Gasteiger partial charge >= 0.3 is 0 Å². The van der Waals surface area contributed by atoms with Crippen LogP contribution in [0.4, 0.5) is 11.4 Å². The zero-order valence-corrected chi connectivity index (χ0v) is 15.5. The summed E-state index contributed by atoms with van der Waals surface area (Å²) in [4.78, 5) is 24.6. The molecule has 0 heterocycles. The Morgan fingerprint density at radius 2 is 1.60 bits per heavy atom.